The van der Waals surface area contributed by atoms with E-state index in [0.717, 1.165) is 11.1 Å². The number of hydrogen-bond acceptors (Lipinski definition) is 4. The molecule has 14 heavy (non-hydrogen) atoms. The summed E-state index contributed by atoms with van der Waals surface area (Å²) in [5.41, 5.74) is 2.15. The van der Waals surface area contributed by atoms with Gasteiger partial charge in [0.25, 0.3) is 0 Å². The molecule has 0 radical (unpaired) electrons. The first-order valence-electron chi connectivity index (χ1n) is 4.26. The van der Waals surface area contributed by atoms with Crippen molar-refractivity contribution in [3.05, 3.63) is 35.4 Å². The molecule has 0 aliphatic carbocycles. The van der Waals surface area contributed by atoms with Crippen LogP contribution in [0.3, 0.4) is 0 Å². The van der Waals surface area contributed by atoms with Gasteiger partial charge < -0.3 is 10.4 Å². The molecule has 0 heterocycles. The zero-order valence-electron chi connectivity index (χ0n) is 7.67. The van der Waals surface area contributed by atoms with Gasteiger partial charge in [0.05, 0.1) is 0 Å². The number of benzene rings is 1. The Bertz CT molecular complexity index is 284. The third kappa shape index (κ3) is 3.26. The molecular weight excluding hydrogens is 180 g/mol. The normalized spacial score (nSPS) is 11.4. The van der Waals surface area contributed by atoms with Crippen LogP contribution in [-0.2, 0) is 12.8 Å². The molecule has 4 nitrogen and oxygen atoms in total. The van der Waals surface area contributed by atoms with Crippen LogP contribution in [-0.4, -0.2) is 22.8 Å². The maximum Gasteiger partial charge on any atom is 0.0479 e. The molecule has 0 saturated heterocycles. The Kier molecular flexibility index (Phi) is 4.20. The third-order valence-electron chi connectivity index (χ3n) is 1.84. The van der Waals surface area contributed by atoms with Crippen molar-refractivity contribution in [3.63, 3.8) is 0 Å². The average Bonchev–Trinajstić information content (AvgIpc) is 2.25. The molecule has 0 saturated carbocycles. The molecule has 2 N–H and O–H groups in total. The van der Waals surface area contributed by atoms with E-state index in [9.17, 15) is 0 Å². The smallest absolute Gasteiger partial charge is 0.0479 e. The highest BCUT2D eigenvalue weighted by atomic mass is 16.4. The van der Waals surface area contributed by atoms with E-state index in [1.807, 2.05) is 24.3 Å². The largest absolute Gasteiger partial charge is 0.411 e. The maximum atomic E-state index is 8.22. The number of hydrogen-bond donors (Lipinski definition) is 2. The van der Waals surface area contributed by atoms with E-state index in [4.69, 9.17) is 10.4 Å². The summed E-state index contributed by atoms with van der Waals surface area (Å²) in [7, 11) is 0. The second kappa shape index (κ2) is 5.75. The predicted molar refractivity (Wildman–Crippen MR) is 54.4 cm³/mol. The molecule has 0 atom stereocenters. The van der Waals surface area contributed by atoms with Gasteiger partial charge in [-0.05, 0) is 11.1 Å². The lowest BCUT2D eigenvalue weighted by molar-refractivity contribution is 0.320. The summed E-state index contributed by atoms with van der Waals surface area (Å²) in [5.74, 6) is 0. The van der Waals surface area contributed by atoms with E-state index in [2.05, 4.69) is 10.3 Å². The molecule has 74 valence electrons. The van der Waals surface area contributed by atoms with Crippen LogP contribution in [0.2, 0.25) is 0 Å². The number of rotatable bonds is 4. The molecule has 0 aromatic heterocycles. The van der Waals surface area contributed by atoms with E-state index >= 15 is 0 Å². The van der Waals surface area contributed by atoms with Crippen molar-refractivity contribution in [2.45, 2.75) is 12.8 Å². The fourth-order valence-electron chi connectivity index (χ4n) is 1.10. The van der Waals surface area contributed by atoms with Crippen molar-refractivity contribution in [2.24, 2.45) is 10.3 Å². The highest BCUT2D eigenvalue weighted by molar-refractivity contribution is 5.62. The first-order chi connectivity index (χ1) is 6.86. The van der Waals surface area contributed by atoms with Crippen LogP contribution in [0.15, 0.2) is 34.6 Å². The van der Waals surface area contributed by atoms with E-state index in [1.54, 1.807) is 0 Å². The minimum absolute atomic E-state index is 0.616. The Labute approximate surface area is 82.2 Å². The highest BCUT2D eigenvalue weighted by Gasteiger charge is 1.92. The Balaban J connectivity index is 2.58. The van der Waals surface area contributed by atoms with E-state index in [-0.39, 0.29) is 0 Å². The summed E-state index contributed by atoms with van der Waals surface area (Å²) in [6.45, 7) is 0. The zero-order chi connectivity index (χ0) is 10.2. The van der Waals surface area contributed by atoms with Crippen LogP contribution in [0.1, 0.15) is 11.1 Å². The Morgan fingerprint density at radius 1 is 0.857 bits per heavy atom. The van der Waals surface area contributed by atoms with E-state index in [0.29, 0.717) is 12.8 Å². The van der Waals surface area contributed by atoms with Crippen molar-refractivity contribution < 1.29 is 10.4 Å². The first kappa shape index (κ1) is 10.2. The molecule has 4 heteroatoms. The molecular formula is C10H12N2O2. The van der Waals surface area contributed by atoms with Gasteiger partial charge >= 0.3 is 0 Å². The average molecular weight is 192 g/mol. The second-order valence-electron chi connectivity index (χ2n) is 2.82. The van der Waals surface area contributed by atoms with Crippen LogP contribution < -0.4 is 0 Å². The quantitative estimate of drug-likeness (QED) is 0.433. The third-order valence-corrected chi connectivity index (χ3v) is 1.84. The fourth-order valence-corrected chi connectivity index (χ4v) is 1.10. The van der Waals surface area contributed by atoms with Gasteiger partial charge in [-0.1, -0.05) is 24.3 Å². The van der Waals surface area contributed by atoms with Gasteiger partial charge in [-0.15, -0.1) is 10.3 Å². The van der Waals surface area contributed by atoms with Gasteiger partial charge in [0.2, 0.25) is 0 Å². The monoisotopic (exact) mass is 192 g/mol. The van der Waals surface area contributed by atoms with Gasteiger partial charge in [0.1, 0.15) is 0 Å². The van der Waals surface area contributed by atoms with Crippen molar-refractivity contribution in [2.75, 3.05) is 0 Å². The van der Waals surface area contributed by atoms with Crippen LogP contribution >= 0.6 is 0 Å². The summed E-state index contributed by atoms with van der Waals surface area (Å²) in [6.07, 6.45) is 4.10. The Hall–Kier alpha value is -1.84. The first-order valence-corrected chi connectivity index (χ1v) is 4.26. The summed E-state index contributed by atoms with van der Waals surface area (Å²) < 4.78 is 0. The minimum Gasteiger partial charge on any atom is -0.411 e. The fraction of sp³-hybridized carbons (Fsp3) is 0.200. The maximum absolute atomic E-state index is 8.22. The van der Waals surface area contributed by atoms with E-state index in [1.165, 1.54) is 12.4 Å². The molecule has 0 spiro atoms. The van der Waals surface area contributed by atoms with E-state index < -0.39 is 0 Å². The van der Waals surface area contributed by atoms with Gasteiger partial charge in [-0.3, -0.25) is 0 Å². The summed E-state index contributed by atoms with van der Waals surface area (Å²) in [4.78, 5) is 0. The molecule has 0 bridgehead atoms. The minimum atomic E-state index is 0.616. The van der Waals surface area contributed by atoms with Gasteiger partial charge in [-0.2, -0.15) is 0 Å². The SMILES string of the molecule is O/N=C/Cc1ccc(C/C=N/O)cc1. The molecule has 0 unspecified atom stereocenters. The predicted octanol–water partition coefficient (Wildman–Crippen LogP) is 1.69. The number of nitrogens with zero attached hydrogens (tertiary/aromatic N) is 2. The highest BCUT2D eigenvalue weighted by Crippen LogP contribution is 2.04. The lowest BCUT2D eigenvalue weighted by atomic mass is 10.1. The van der Waals surface area contributed by atoms with Crippen molar-refractivity contribution >= 4 is 12.4 Å². The Morgan fingerprint density at radius 2 is 1.21 bits per heavy atom. The molecule has 1 rings (SSSR count). The lowest BCUT2D eigenvalue weighted by Gasteiger charge is -1.98. The van der Waals surface area contributed by atoms with Gasteiger partial charge in [0, 0.05) is 25.3 Å². The van der Waals surface area contributed by atoms with Crippen molar-refractivity contribution in [1.29, 1.82) is 0 Å². The van der Waals surface area contributed by atoms with Crippen LogP contribution in [0.4, 0.5) is 0 Å². The Morgan fingerprint density at radius 3 is 1.50 bits per heavy atom. The van der Waals surface area contributed by atoms with Gasteiger partial charge in [0.15, 0.2) is 0 Å². The van der Waals surface area contributed by atoms with Crippen LogP contribution in [0.5, 0.6) is 0 Å². The number of oxime groups is 2. The molecule has 0 aliphatic rings. The molecule has 0 aliphatic heterocycles. The summed E-state index contributed by atoms with van der Waals surface area (Å²) in [5, 5.41) is 22.3. The van der Waals surface area contributed by atoms with Crippen molar-refractivity contribution in [1.82, 2.24) is 0 Å². The topological polar surface area (TPSA) is 65.2 Å². The molecule has 1 aromatic carbocycles. The zero-order valence-corrected chi connectivity index (χ0v) is 7.67. The van der Waals surface area contributed by atoms with Crippen LogP contribution in [0.25, 0.3) is 0 Å². The summed E-state index contributed by atoms with van der Waals surface area (Å²) >= 11 is 0. The lowest BCUT2D eigenvalue weighted by Crippen LogP contribution is -1.89. The van der Waals surface area contributed by atoms with Crippen molar-refractivity contribution in [3.8, 4) is 0 Å². The van der Waals surface area contributed by atoms with Gasteiger partial charge in [-0.25, -0.2) is 0 Å². The second-order valence-corrected chi connectivity index (χ2v) is 2.82. The standard InChI is InChI=1S/C10H12N2O2/c13-11-7-5-9-1-2-10(4-3-9)6-8-12-14/h1-4,7-8,13-14H,5-6H2/b11-7+,12-8+. The van der Waals surface area contributed by atoms with Crippen LogP contribution in [0, 0.1) is 0 Å². The molecule has 1 aromatic rings. The molecule has 0 amide bonds. The molecule has 0 fully saturated rings. The summed E-state index contributed by atoms with van der Waals surface area (Å²) in [6, 6.07) is 7.79.